The molecule has 2 aromatic carbocycles. The Bertz CT molecular complexity index is 1070. The molecular formula is C24H33N3O6S. The largest absolute Gasteiger partial charge is 0.497 e. The third-order valence-corrected chi connectivity index (χ3v) is 6.37. The lowest BCUT2D eigenvalue weighted by molar-refractivity contribution is -0.140. The molecule has 0 bridgehead atoms. The fourth-order valence-electron chi connectivity index (χ4n) is 3.54. The first-order valence-electron chi connectivity index (χ1n) is 11.0. The van der Waals surface area contributed by atoms with Crippen molar-refractivity contribution in [2.24, 2.45) is 0 Å². The summed E-state index contributed by atoms with van der Waals surface area (Å²) in [4.78, 5) is 27.5. The predicted molar refractivity (Wildman–Crippen MR) is 131 cm³/mol. The van der Waals surface area contributed by atoms with E-state index in [4.69, 9.17) is 9.47 Å². The van der Waals surface area contributed by atoms with Crippen molar-refractivity contribution < 1.29 is 27.5 Å². The van der Waals surface area contributed by atoms with Gasteiger partial charge in [0, 0.05) is 13.6 Å². The number of hydrogen-bond donors (Lipinski definition) is 1. The number of nitrogens with zero attached hydrogens (tertiary/aromatic N) is 2. The van der Waals surface area contributed by atoms with Crippen molar-refractivity contribution in [3.05, 3.63) is 54.1 Å². The number of benzene rings is 2. The lowest BCUT2D eigenvalue weighted by Crippen LogP contribution is -2.51. The summed E-state index contributed by atoms with van der Waals surface area (Å²) < 4.78 is 36.9. The topological polar surface area (TPSA) is 105 Å². The average Bonchev–Trinajstić information content (AvgIpc) is 2.82. The van der Waals surface area contributed by atoms with Gasteiger partial charge >= 0.3 is 0 Å². The zero-order valence-electron chi connectivity index (χ0n) is 20.3. The molecule has 2 amide bonds. The fraction of sp³-hybridized carbons (Fsp3) is 0.417. The average molecular weight is 492 g/mol. The number of hydrogen-bond acceptors (Lipinski definition) is 6. The van der Waals surface area contributed by atoms with Crippen LogP contribution in [0.15, 0.2) is 48.5 Å². The standard InChI is InChI=1S/C24H33N3O6S/c1-6-22(24(29)25-3)26(16-18-9-8-10-21(15-18)32-4)23(28)17-27(34(5,30)31)19-11-13-20(14-12-19)33-7-2/h8-15,22H,6-7,16-17H2,1-5H3,(H,25,29)/t22-/m0/s1. The second-order valence-electron chi connectivity index (χ2n) is 7.61. The minimum Gasteiger partial charge on any atom is -0.497 e. The molecular weight excluding hydrogens is 458 g/mol. The van der Waals surface area contributed by atoms with Crippen LogP contribution in [0.25, 0.3) is 0 Å². The lowest BCUT2D eigenvalue weighted by Gasteiger charge is -2.32. The normalized spacial score (nSPS) is 11.9. The monoisotopic (exact) mass is 491 g/mol. The van der Waals surface area contributed by atoms with Gasteiger partial charge < -0.3 is 19.7 Å². The van der Waals surface area contributed by atoms with Crippen LogP contribution < -0.4 is 19.1 Å². The molecule has 0 aliphatic rings. The van der Waals surface area contributed by atoms with Crippen LogP contribution in [0.3, 0.4) is 0 Å². The van der Waals surface area contributed by atoms with Gasteiger partial charge in [0.25, 0.3) is 0 Å². The van der Waals surface area contributed by atoms with Crippen LogP contribution in [0.5, 0.6) is 11.5 Å². The Hall–Kier alpha value is -3.27. The zero-order chi connectivity index (χ0) is 25.3. The summed E-state index contributed by atoms with van der Waals surface area (Å²) in [7, 11) is -0.743. The van der Waals surface area contributed by atoms with Gasteiger partial charge in [-0.2, -0.15) is 0 Å². The number of carbonyl (C=O) groups is 2. The maximum Gasteiger partial charge on any atom is 0.244 e. The van der Waals surface area contributed by atoms with Crippen LogP contribution in [-0.2, 0) is 26.2 Å². The van der Waals surface area contributed by atoms with Gasteiger partial charge in [-0.05, 0) is 55.3 Å². The number of methoxy groups -OCH3 is 1. The third-order valence-electron chi connectivity index (χ3n) is 5.23. The van der Waals surface area contributed by atoms with Gasteiger partial charge in [-0.25, -0.2) is 8.42 Å². The highest BCUT2D eigenvalue weighted by molar-refractivity contribution is 7.92. The molecule has 0 spiro atoms. The number of carbonyl (C=O) groups excluding carboxylic acids is 2. The maximum absolute atomic E-state index is 13.5. The molecule has 9 nitrogen and oxygen atoms in total. The van der Waals surface area contributed by atoms with Crippen molar-refractivity contribution in [3.63, 3.8) is 0 Å². The van der Waals surface area contributed by atoms with Crippen molar-refractivity contribution in [3.8, 4) is 11.5 Å². The molecule has 0 aliphatic carbocycles. The number of rotatable bonds is 12. The molecule has 0 unspecified atom stereocenters. The second kappa shape index (κ2) is 12.3. The van der Waals surface area contributed by atoms with Gasteiger partial charge in [0.05, 0.1) is 25.7 Å². The van der Waals surface area contributed by atoms with E-state index in [1.165, 1.54) is 11.9 Å². The molecule has 0 saturated carbocycles. The molecule has 0 saturated heterocycles. The Balaban J connectivity index is 2.40. The fourth-order valence-corrected chi connectivity index (χ4v) is 4.39. The van der Waals surface area contributed by atoms with E-state index in [1.54, 1.807) is 56.5 Å². The van der Waals surface area contributed by atoms with E-state index < -0.39 is 28.5 Å². The van der Waals surface area contributed by atoms with Crippen LogP contribution in [-0.4, -0.2) is 64.7 Å². The van der Waals surface area contributed by atoms with Gasteiger partial charge in [-0.15, -0.1) is 0 Å². The Labute approximate surface area is 201 Å². The molecule has 186 valence electrons. The minimum absolute atomic E-state index is 0.114. The number of nitrogens with one attached hydrogen (secondary N) is 1. The number of likely N-dealkylation sites (N-methyl/N-ethyl adjacent to an activating group) is 1. The quantitative estimate of drug-likeness (QED) is 0.489. The van der Waals surface area contributed by atoms with E-state index in [9.17, 15) is 18.0 Å². The molecule has 0 aliphatic heterocycles. The van der Waals surface area contributed by atoms with Crippen LogP contribution in [0.4, 0.5) is 5.69 Å². The number of ether oxygens (including phenoxy) is 2. The molecule has 1 atom stereocenters. The molecule has 2 rings (SSSR count). The highest BCUT2D eigenvalue weighted by Gasteiger charge is 2.31. The van der Waals surface area contributed by atoms with Crippen molar-refractivity contribution in [1.29, 1.82) is 0 Å². The van der Waals surface area contributed by atoms with Crippen LogP contribution in [0.1, 0.15) is 25.8 Å². The van der Waals surface area contributed by atoms with Crippen molar-refractivity contribution in [2.75, 3.05) is 37.9 Å². The van der Waals surface area contributed by atoms with Crippen LogP contribution >= 0.6 is 0 Å². The van der Waals surface area contributed by atoms with E-state index in [0.717, 1.165) is 16.1 Å². The highest BCUT2D eigenvalue weighted by atomic mass is 32.2. The Morgan fingerprint density at radius 2 is 1.74 bits per heavy atom. The molecule has 34 heavy (non-hydrogen) atoms. The summed E-state index contributed by atoms with van der Waals surface area (Å²) in [6, 6.07) is 12.9. The summed E-state index contributed by atoms with van der Waals surface area (Å²) in [5.41, 5.74) is 1.08. The number of amides is 2. The Morgan fingerprint density at radius 3 is 2.26 bits per heavy atom. The molecule has 1 N–H and O–H groups in total. The first-order chi connectivity index (χ1) is 16.1. The van der Waals surface area contributed by atoms with Gasteiger partial charge in [-0.1, -0.05) is 19.1 Å². The van der Waals surface area contributed by atoms with Gasteiger partial charge in [0.1, 0.15) is 24.1 Å². The van der Waals surface area contributed by atoms with Crippen molar-refractivity contribution >= 4 is 27.5 Å². The maximum atomic E-state index is 13.5. The second-order valence-corrected chi connectivity index (χ2v) is 9.51. The third kappa shape index (κ3) is 7.11. The summed E-state index contributed by atoms with van der Waals surface area (Å²) in [5, 5.41) is 2.59. The molecule has 0 aromatic heterocycles. The smallest absolute Gasteiger partial charge is 0.244 e. The predicted octanol–water partition coefficient (Wildman–Crippen LogP) is 2.41. The lowest BCUT2D eigenvalue weighted by atomic mass is 10.1. The SMILES string of the molecule is CCOc1ccc(N(CC(=O)N(Cc2cccc(OC)c2)[C@@H](CC)C(=O)NC)S(C)(=O)=O)cc1. The minimum atomic E-state index is -3.79. The summed E-state index contributed by atoms with van der Waals surface area (Å²) >= 11 is 0. The Kier molecular flexibility index (Phi) is 9.73. The van der Waals surface area contributed by atoms with E-state index in [1.807, 2.05) is 13.0 Å². The summed E-state index contributed by atoms with van der Waals surface area (Å²) in [5.74, 6) is 0.379. The van der Waals surface area contributed by atoms with E-state index in [0.29, 0.717) is 30.2 Å². The van der Waals surface area contributed by atoms with E-state index in [-0.39, 0.29) is 12.5 Å². The summed E-state index contributed by atoms with van der Waals surface area (Å²) in [6.45, 7) is 3.79. The van der Waals surface area contributed by atoms with E-state index >= 15 is 0 Å². The molecule has 2 aromatic rings. The molecule has 10 heteroatoms. The van der Waals surface area contributed by atoms with E-state index in [2.05, 4.69) is 5.32 Å². The van der Waals surface area contributed by atoms with Crippen LogP contribution in [0, 0.1) is 0 Å². The Morgan fingerprint density at radius 1 is 1.06 bits per heavy atom. The van der Waals surface area contributed by atoms with Crippen LogP contribution in [0.2, 0.25) is 0 Å². The molecule has 0 radical (unpaired) electrons. The highest BCUT2D eigenvalue weighted by Crippen LogP contribution is 2.23. The van der Waals surface area contributed by atoms with Gasteiger partial charge in [0.2, 0.25) is 21.8 Å². The summed E-state index contributed by atoms with van der Waals surface area (Å²) in [6.07, 6.45) is 1.40. The number of sulfonamides is 1. The van der Waals surface area contributed by atoms with Gasteiger partial charge in [-0.3, -0.25) is 13.9 Å². The van der Waals surface area contributed by atoms with Crippen molar-refractivity contribution in [1.82, 2.24) is 10.2 Å². The molecule has 0 heterocycles. The van der Waals surface area contributed by atoms with Crippen molar-refractivity contribution in [2.45, 2.75) is 32.9 Å². The van der Waals surface area contributed by atoms with Gasteiger partial charge in [0.15, 0.2) is 0 Å². The number of anilines is 1. The molecule has 0 fully saturated rings. The first-order valence-corrected chi connectivity index (χ1v) is 12.8. The first kappa shape index (κ1) is 27.0. The zero-order valence-corrected chi connectivity index (χ0v) is 21.1.